The third-order valence-electron chi connectivity index (χ3n) is 4.59. The normalized spacial score (nSPS) is 14.5. The summed E-state index contributed by atoms with van der Waals surface area (Å²) in [7, 11) is 0. The molecule has 2 heterocycles. The van der Waals surface area contributed by atoms with Crippen LogP contribution in [0, 0.1) is 0 Å². The van der Waals surface area contributed by atoms with Crippen LogP contribution >= 0.6 is 15.9 Å². The first kappa shape index (κ1) is 20.3. The van der Waals surface area contributed by atoms with Gasteiger partial charge in [-0.15, -0.1) is 0 Å². The van der Waals surface area contributed by atoms with E-state index in [9.17, 15) is 9.59 Å². The van der Waals surface area contributed by atoms with Crippen LogP contribution in [0.25, 0.3) is 0 Å². The van der Waals surface area contributed by atoms with Crippen molar-refractivity contribution in [2.45, 2.75) is 32.1 Å². The highest BCUT2D eigenvalue weighted by molar-refractivity contribution is 9.10. The van der Waals surface area contributed by atoms with E-state index in [4.69, 9.17) is 4.74 Å². The number of halogens is 1. The van der Waals surface area contributed by atoms with Crippen molar-refractivity contribution in [3.8, 4) is 11.6 Å². The first-order valence-corrected chi connectivity index (χ1v) is 10.4. The zero-order chi connectivity index (χ0) is 19.8. The topological polar surface area (TPSA) is 71.5 Å². The van der Waals surface area contributed by atoms with Gasteiger partial charge in [0.25, 0.3) is 5.91 Å². The van der Waals surface area contributed by atoms with Crippen molar-refractivity contribution in [2.24, 2.45) is 0 Å². The van der Waals surface area contributed by atoms with Crippen molar-refractivity contribution in [3.05, 3.63) is 52.6 Å². The second kappa shape index (κ2) is 10.2. The number of aromatic nitrogens is 1. The molecular weight excluding hydrogens is 422 g/mol. The number of amides is 2. The van der Waals surface area contributed by atoms with E-state index in [1.54, 1.807) is 24.4 Å². The molecule has 3 rings (SSSR count). The number of hydrogen-bond donors (Lipinski definition) is 1. The third kappa shape index (κ3) is 5.79. The lowest BCUT2D eigenvalue weighted by atomic mass is 10.2. The molecule has 0 spiro atoms. The fourth-order valence-electron chi connectivity index (χ4n) is 3.13. The SMILES string of the molecule is O=C(NCCCN1CCCCCC1=O)c1cccnc1Oc1cccc(Br)c1. The highest BCUT2D eigenvalue weighted by Gasteiger charge is 2.17. The van der Waals surface area contributed by atoms with Crippen LogP contribution in [-0.4, -0.2) is 41.3 Å². The quantitative estimate of drug-likeness (QED) is 0.649. The minimum absolute atomic E-state index is 0.223. The van der Waals surface area contributed by atoms with Gasteiger partial charge < -0.3 is 15.0 Å². The lowest BCUT2D eigenvalue weighted by molar-refractivity contribution is -0.130. The Morgan fingerprint density at radius 3 is 2.96 bits per heavy atom. The molecule has 2 aromatic rings. The van der Waals surface area contributed by atoms with E-state index in [2.05, 4.69) is 26.2 Å². The number of hydrogen-bond acceptors (Lipinski definition) is 4. The van der Waals surface area contributed by atoms with Crippen LogP contribution in [0.2, 0.25) is 0 Å². The Morgan fingerprint density at radius 1 is 1.21 bits per heavy atom. The summed E-state index contributed by atoms with van der Waals surface area (Å²) in [6.45, 7) is 1.99. The number of carbonyl (C=O) groups is 2. The lowest BCUT2D eigenvalue weighted by Crippen LogP contribution is -2.34. The average Bonchev–Trinajstić information content (AvgIpc) is 2.90. The maximum atomic E-state index is 12.6. The molecule has 148 valence electrons. The van der Waals surface area contributed by atoms with Gasteiger partial charge in [-0.2, -0.15) is 0 Å². The zero-order valence-corrected chi connectivity index (χ0v) is 17.3. The minimum atomic E-state index is -0.236. The van der Waals surface area contributed by atoms with E-state index in [1.165, 1.54) is 0 Å². The Labute approximate surface area is 173 Å². The molecule has 0 aliphatic carbocycles. The predicted molar refractivity (Wildman–Crippen MR) is 110 cm³/mol. The molecule has 7 heteroatoms. The second-order valence-corrected chi connectivity index (χ2v) is 7.63. The molecule has 1 aliphatic heterocycles. The summed E-state index contributed by atoms with van der Waals surface area (Å²) in [5.41, 5.74) is 0.383. The number of carbonyl (C=O) groups excluding carboxylic acids is 2. The van der Waals surface area contributed by atoms with Crippen LogP contribution in [0.15, 0.2) is 47.1 Å². The van der Waals surface area contributed by atoms with Crippen molar-refractivity contribution in [1.82, 2.24) is 15.2 Å². The van der Waals surface area contributed by atoms with Crippen LogP contribution in [0.3, 0.4) is 0 Å². The molecule has 1 aliphatic rings. The highest BCUT2D eigenvalue weighted by Crippen LogP contribution is 2.25. The van der Waals surface area contributed by atoms with Gasteiger partial charge in [0.2, 0.25) is 11.8 Å². The fraction of sp³-hybridized carbons (Fsp3) is 0.381. The summed E-state index contributed by atoms with van der Waals surface area (Å²) in [5, 5.41) is 2.90. The Balaban J connectivity index is 1.53. The van der Waals surface area contributed by atoms with Gasteiger partial charge in [0, 0.05) is 36.7 Å². The van der Waals surface area contributed by atoms with Gasteiger partial charge in [-0.05, 0) is 49.6 Å². The van der Waals surface area contributed by atoms with E-state index >= 15 is 0 Å². The number of pyridine rings is 1. The number of ether oxygens (including phenoxy) is 1. The van der Waals surface area contributed by atoms with Crippen LogP contribution < -0.4 is 10.1 Å². The lowest BCUT2D eigenvalue weighted by Gasteiger charge is -2.20. The second-order valence-electron chi connectivity index (χ2n) is 6.72. The fourth-order valence-corrected chi connectivity index (χ4v) is 3.51. The molecule has 1 N–H and O–H groups in total. The molecule has 1 aromatic carbocycles. The van der Waals surface area contributed by atoms with Crippen LogP contribution in [0.5, 0.6) is 11.6 Å². The molecule has 1 aromatic heterocycles. The third-order valence-corrected chi connectivity index (χ3v) is 5.08. The predicted octanol–water partition coefficient (Wildman–Crippen LogP) is 4.16. The van der Waals surface area contributed by atoms with Crippen molar-refractivity contribution in [2.75, 3.05) is 19.6 Å². The largest absolute Gasteiger partial charge is 0.438 e. The minimum Gasteiger partial charge on any atom is -0.438 e. The van der Waals surface area contributed by atoms with Gasteiger partial charge in [-0.3, -0.25) is 9.59 Å². The summed E-state index contributed by atoms with van der Waals surface area (Å²) in [5.74, 6) is 0.851. The van der Waals surface area contributed by atoms with Gasteiger partial charge in [0.1, 0.15) is 11.3 Å². The molecule has 1 fully saturated rings. The zero-order valence-electron chi connectivity index (χ0n) is 15.7. The van der Waals surface area contributed by atoms with Crippen molar-refractivity contribution in [3.63, 3.8) is 0 Å². The number of nitrogens with zero attached hydrogens (tertiary/aromatic N) is 2. The molecule has 0 saturated carbocycles. The number of rotatable bonds is 7. The Bertz CT molecular complexity index is 828. The van der Waals surface area contributed by atoms with Crippen LogP contribution in [0.4, 0.5) is 0 Å². The first-order valence-electron chi connectivity index (χ1n) is 9.58. The van der Waals surface area contributed by atoms with Crippen molar-refractivity contribution in [1.29, 1.82) is 0 Å². The molecule has 0 atom stereocenters. The molecule has 0 bridgehead atoms. The van der Waals surface area contributed by atoms with E-state index < -0.39 is 0 Å². The van der Waals surface area contributed by atoms with E-state index in [1.807, 2.05) is 23.1 Å². The van der Waals surface area contributed by atoms with Gasteiger partial charge in [0.05, 0.1) is 0 Å². The maximum Gasteiger partial charge on any atom is 0.256 e. The smallest absolute Gasteiger partial charge is 0.256 e. The van der Waals surface area contributed by atoms with E-state index in [-0.39, 0.29) is 17.7 Å². The Hall–Kier alpha value is -2.41. The maximum absolute atomic E-state index is 12.6. The Morgan fingerprint density at radius 2 is 2.11 bits per heavy atom. The molecule has 0 unspecified atom stereocenters. The monoisotopic (exact) mass is 445 g/mol. The number of likely N-dealkylation sites (tertiary alicyclic amines) is 1. The van der Waals surface area contributed by atoms with Gasteiger partial charge in [0.15, 0.2) is 0 Å². The van der Waals surface area contributed by atoms with Crippen molar-refractivity contribution >= 4 is 27.7 Å². The summed E-state index contributed by atoms with van der Waals surface area (Å²) in [6.07, 6.45) is 6.10. The molecule has 1 saturated heterocycles. The highest BCUT2D eigenvalue weighted by atomic mass is 79.9. The van der Waals surface area contributed by atoms with E-state index in [0.29, 0.717) is 30.8 Å². The average molecular weight is 446 g/mol. The van der Waals surface area contributed by atoms with Crippen molar-refractivity contribution < 1.29 is 14.3 Å². The molecule has 0 radical (unpaired) electrons. The number of nitrogens with one attached hydrogen (secondary N) is 1. The van der Waals surface area contributed by atoms with Crippen LogP contribution in [0.1, 0.15) is 42.5 Å². The molecule has 6 nitrogen and oxygen atoms in total. The molecule has 2 amide bonds. The standard InChI is InChI=1S/C21H24BrN3O3/c22-16-7-4-8-17(15-16)28-21-18(9-5-11-24-21)20(27)23-12-6-14-25-13-3-1-2-10-19(25)26/h4-5,7-9,11,15H,1-3,6,10,12-14H2,(H,23,27). The first-order chi connectivity index (χ1) is 13.6. The van der Waals surface area contributed by atoms with Gasteiger partial charge in [-0.25, -0.2) is 4.98 Å². The summed E-state index contributed by atoms with van der Waals surface area (Å²) >= 11 is 3.40. The summed E-state index contributed by atoms with van der Waals surface area (Å²) < 4.78 is 6.67. The van der Waals surface area contributed by atoms with E-state index in [0.717, 1.165) is 36.7 Å². The number of benzene rings is 1. The molecule has 28 heavy (non-hydrogen) atoms. The van der Waals surface area contributed by atoms with Gasteiger partial charge in [-0.1, -0.05) is 28.4 Å². The summed E-state index contributed by atoms with van der Waals surface area (Å²) in [4.78, 5) is 30.7. The Kier molecular flexibility index (Phi) is 7.42. The summed E-state index contributed by atoms with van der Waals surface area (Å²) in [6, 6.07) is 10.8. The molecular formula is C21H24BrN3O3. The van der Waals surface area contributed by atoms with Crippen LogP contribution in [-0.2, 0) is 4.79 Å². The van der Waals surface area contributed by atoms with Gasteiger partial charge >= 0.3 is 0 Å².